The summed E-state index contributed by atoms with van der Waals surface area (Å²) in [4.78, 5) is 20.5. The number of pyridine rings is 2. The minimum absolute atomic E-state index is 0.0106. The van der Waals surface area contributed by atoms with Gasteiger partial charge in [-0.15, -0.1) is 0 Å². The van der Waals surface area contributed by atoms with Crippen molar-refractivity contribution in [2.45, 2.75) is 26.4 Å². The highest BCUT2D eigenvalue weighted by Crippen LogP contribution is 2.30. The lowest BCUT2D eigenvalue weighted by Gasteiger charge is -2.15. The Hall–Kier alpha value is -2.86. The standard InChI is InChI=1S/C21H18ClF2N3O/c1-12-8-16(23)17(11-15(12)13-4-7-26-19(22)10-13)27-20(28)14-5-6-25-18(9-14)21(2,3)24/h4-11H,1-3H3,(H,27,28). The third kappa shape index (κ3) is 4.34. The lowest BCUT2D eigenvalue weighted by Crippen LogP contribution is -2.17. The summed E-state index contributed by atoms with van der Waals surface area (Å²) < 4.78 is 28.5. The maximum Gasteiger partial charge on any atom is 0.255 e. The first-order valence-corrected chi connectivity index (χ1v) is 8.92. The number of halogens is 3. The lowest BCUT2D eigenvalue weighted by atomic mass is 10.0. The SMILES string of the molecule is Cc1cc(F)c(NC(=O)c2ccnc(C(C)(C)F)c2)cc1-c1ccnc(Cl)c1. The molecule has 3 aromatic rings. The minimum Gasteiger partial charge on any atom is -0.319 e. The Kier molecular flexibility index (Phi) is 5.42. The van der Waals surface area contributed by atoms with Crippen LogP contribution in [0.5, 0.6) is 0 Å². The van der Waals surface area contributed by atoms with Gasteiger partial charge in [0.15, 0.2) is 0 Å². The Balaban J connectivity index is 1.94. The molecule has 0 saturated heterocycles. The number of carbonyl (C=O) groups excluding carboxylic acids is 1. The van der Waals surface area contributed by atoms with Crippen LogP contribution in [0.15, 0.2) is 48.8 Å². The molecule has 0 fully saturated rings. The van der Waals surface area contributed by atoms with Crippen LogP contribution in [0.3, 0.4) is 0 Å². The van der Waals surface area contributed by atoms with Crippen molar-refractivity contribution in [3.63, 3.8) is 0 Å². The largest absolute Gasteiger partial charge is 0.319 e. The molecule has 0 radical (unpaired) electrons. The number of rotatable bonds is 4. The van der Waals surface area contributed by atoms with Crippen molar-refractivity contribution in [3.8, 4) is 11.1 Å². The fourth-order valence-corrected chi connectivity index (χ4v) is 2.91. The van der Waals surface area contributed by atoms with Gasteiger partial charge in [-0.3, -0.25) is 9.78 Å². The molecule has 0 unspecified atom stereocenters. The first-order valence-electron chi connectivity index (χ1n) is 8.54. The number of aromatic nitrogens is 2. The van der Waals surface area contributed by atoms with Gasteiger partial charge in [0, 0.05) is 18.0 Å². The van der Waals surface area contributed by atoms with E-state index in [2.05, 4.69) is 15.3 Å². The molecule has 1 amide bonds. The van der Waals surface area contributed by atoms with Gasteiger partial charge in [0.1, 0.15) is 16.6 Å². The Morgan fingerprint density at radius 3 is 2.50 bits per heavy atom. The molecule has 0 bridgehead atoms. The topological polar surface area (TPSA) is 54.9 Å². The Morgan fingerprint density at radius 1 is 1.11 bits per heavy atom. The third-order valence-electron chi connectivity index (χ3n) is 4.23. The predicted octanol–water partition coefficient (Wildman–Crippen LogP) is 5.70. The quantitative estimate of drug-likeness (QED) is 0.570. The van der Waals surface area contributed by atoms with E-state index in [0.717, 1.165) is 5.56 Å². The van der Waals surface area contributed by atoms with Crippen LogP contribution in [-0.4, -0.2) is 15.9 Å². The van der Waals surface area contributed by atoms with E-state index in [0.29, 0.717) is 16.3 Å². The fourth-order valence-electron chi connectivity index (χ4n) is 2.74. The molecular weight excluding hydrogens is 384 g/mol. The molecular formula is C21H18ClF2N3O. The molecule has 1 N–H and O–H groups in total. The molecule has 144 valence electrons. The molecule has 0 saturated carbocycles. The van der Waals surface area contributed by atoms with Crippen molar-refractivity contribution in [1.29, 1.82) is 0 Å². The van der Waals surface area contributed by atoms with Crippen LogP contribution in [0.25, 0.3) is 11.1 Å². The first kappa shape index (κ1) is 19.9. The molecule has 0 atom stereocenters. The molecule has 0 aliphatic heterocycles. The van der Waals surface area contributed by atoms with Crippen molar-refractivity contribution < 1.29 is 13.6 Å². The molecule has 4 nitrogen and oxygen atoms in total. The number of nitrogens with one attached hydrogen (secondary N) is 1. The molecule has 28 heavy (non-hydrogen) atoms. The number of amides is 1. The van der Waals surface area contributed by atoms with Crippen molar-refractivity contribution in [2.75, 3.05) is 5.32 Å². The highest BCUT2D eigenvalue weighted by atomic mass is 35.5. The number of hydrogen-bond donors (Lipinski definition) is 1. The summed E-state index contributed by atoms with van der Waals surface area (Å²) in [6.45, 7) is 4.46. The van der Waals surface area contributed by atoms with Crippen molar-refractivity contribution in [2.24, 2.45) is 0 Å². The van der Waals surface area contributed by atoms with Crippen LogP contribution in [0.4, 0.5) is 14.5 Å². The van der Waals surface area contributed by atoms with Crippen LogP contribution >= 0.6 is 11.6 Å². The van der Waals surface area contributed by atoms with Crippen molar-refractivity contribution >= 4 is 23.2 Å². The van der Waals surface area contributed by atoms with E-state index >= 15 is 0 Å². The zero-order valence-corrected chi connectivity index (χ0v) is 16.3. The highest BCUT2D eigenvalue weighted by molar-refractivity contribution is 6.29. The smallest absolute Gasteiger partial charge is 0.255 e. The second-order valence-corrected chi connectivity index (χ2v) is 7.26. The Bertz CT molecular complexity index is 1050. The maximum atomic E-state index is 14.4. The molecule has 0 spiro atoms. The zero-order chi connectivity index (χ0) is 20.5. The highest BCUT2D eigenvalue weighted by Gasteiger charge is 2.22. The van der Waals surface area contributed by atoms with Gasteiger partial charge in [-0.25, -0.2) is 13.8 Å². The van der Waals surface area contributed by atoms with E-state index < -0.39 is 17.4 Å². The van der Waals surface area contributed by atoms with E-state index in [1.807, 2.05) is 0 Å². The van der Waals surface area contributed by atoms with Crippen LogP contribution in [0, 0.1) is 12.7 Å². The number of benzene rings is 1. The number of alkyl halides is 1. The van der Waals surface area contributed by atoms with Gasteiger partial charge in [0.25, 0.3) is 5.91 Å². The van der Waals surface area contributed by atoms with E-state index in [1.165, 1.54) is 44.3 Å². The van der Waals surface area contributed by atoms with Crippen LogP contribution in [0.1, 0.15) is 35.5 Å². The second-order valence-electron chi connectivity index (χ2n) is 6.87. The van der Waals surface area contributed by atoms with Crippen LogP contribution in [-0.2, 0) is 5.67 Å². The van der Waals surface area contributed by atoms with E-state index in [4.69, 9.17) is 11.6 Å². The van der Waals surface area contributed by atoms with Gasteiger partial charge in [0.2, 0.25) is 0 Å². The van der Waals surface area contributed by atoms with Gasteiger partial charge in [-0.1, -0.05) is 11.6 Å². The zero-order valence-electron chi connectivity index (χ0n) is 15.6. The third-order valence-corrected chi connectivity index (χ3v) is 4.44. The van der Waals surface area contributed by atoms with Gasteiger partial charge >= 0.3 is 0 Å². The fraction of sp³-hybridized carbons (Fsp3) is 0.190. The summed E-state index contributed by atoms with van der Waals surface area (Å²) in [5.41, 5.74) is 0.763. The van der Waals surface area contributed by atoms with Gasteiger partial charge < -0.3 is 5.32 Å². The average Bonchev–Trinajstić information content (AvgIpc) is 2.63. The summed E-state index contributed by atoms with van der Waals surface area (Å²) in [5.74, 6) is -1.13. The minimum atomic E-state index is -1.70. The number of hydrogen-bond acceptors (Lipinski definition) is 3. The molecule has 3 rings (SSSR count). The molecule has 1 aromatic carbocycles. The van der Waals surface area contributed by atoms with E-state index in [9.17, 15) is 13.6 Å². The van der Waals surface area contributed by atoms with Crippen molar-refractivity contribution in [3.05, 3.63) is 76.6 Å². The number of nitrogens with zero attached hydrogens (tertiary/aromatic N) is 2. The normalized spacial score (nSPS) is 11.4. The van der Waals surface area contributed by atoms with E-state index in [-0.39, 0.29) is 16.9 Å². The Morgan fingerprint density at radius 2 is 1.82 bits per heavy atom. The molecule has 2 heterocycles. The summed E-state index contributed by atoms with van der Waals surface area (Å²) in [7, 11) is 0. The van der Waals surface area contributed by atoms with Crippen LogP contribution in [0.2, 0.25) is 5.15 Å². The van der Waals surface area contributed by atoms with Gasteiger partial charge in [0.05, 0.1) is 11.4 Å². The average molecular weight is 402 g/mol. The Labute approximate surface area is 166 Å². The molecule has 0 aliphatic carbocycles. The van der Waals surface area contributed by atoms with Crippen molar-refractivity contribution in [1.82, 2.24) is 9.97 Å². The number of aryl methyl sites for hydroxylation is 1. The maximum absolute atomic E-state index is 14.4. The summed E-state index contributed by atoms with van der Waals surface area (Å²) in [6.07, 6.45) is 2.90. The summed E-state index contributed by atoms with van der Waals surface area (Å²) in [5, 5.41) is 2.85. The molecule has 7 heteroatoms. The molecule has 2 aromatic heterocycles. The number of anilines is 1. The second kappa shape index (κ2) is 7.64. The lowest BCUT2D eigenvalue weighted by molar-refractivity contribution is 0.102. The summed E-state index contributed by atoms with van der Waals surface area (Å²) >= 11 is 5.94. The van der Waals surface area contributed by atoms with Gasteiger partial charge in [-0.2, -0.15) is 0 Å². The monoisotopic (exact) mass is 401 g/mol. The van der Waals surface area contributed by atoms with E-state index in [1.54, 1.807) is 25.3 Å². The van der Waals surface area contributed by atoms with Crippen LogP contribution < -0.4 is 5.32 Å². The predicted molar refractivity (Wildman–Crippen MR) is 106 cm³/mol. The first-order chi connectivity index (χ1) is 13.1. The van der Waals surface area contributed by atoms with Gasteiger partial charge in [-0.05, 0) is 73.9 Å². The molecule has 0 aliphatic rings. The summed E-state index contributed by atoms with van der Waals surface area (Å²) in [6, 6.07) is 9.07. The number of carbonyl (C=O) groups is 1.